The number of anilines is 1. The highest BCUT2D eigenvalue weighted by Crippen LogP contribution is 2.31. The van der Waals surface area contributed by atoms with Gasteiger partial charge in [-0.15, -0.1) is 0 Å². The molecule has 4 heteroatoms. The van der Waals surface area contributed by atoms with Crippen molar-refractivity contribution in [3.05, 3.63) is 23.3 Å². The van der Waals surface area contributed by atoms with Gasteiger partial charge in [-0.2, -0.15) is 0 Å². The van der Waals surface area contributed by atoms with Crippen LogP contribution in [0.4, 0.5) is 5.69 Å². The smallest absolute Gasteiger partial charge is 0.328 e. The van der Waals surface area contributed by atoms with Gasteiger partial charge in [0.05, 0.1) is 7.11 Å². The van der Waals surface area contributed by atoms with Crippen LogP contribution >= 0.6 is 0 Å². The summed E-state index contributed by atoms with van der Waals surface area (Å²) < 4.78 is 5.31. The summed E-state index contributed by atoms with van der Waals surface area (Å²) in [7, 11) is 3.43. The van der Waals surface area contributed by atoms with Gasteiger partial charge in [-0.25, -0.2) is 4.79 Å². The van der Waals surface area contributed by atoms with Crippen molar-refractivity contribution in [1.29, 1.82) is 0 Å². The number of hydrogen-bond acceptors (Lipinski definition) is 3. The zero-order chi connectivity index (χ0) is 14.1. The minimum absolute atomic E-state index is 0.847. The Morgan fingerprint density at radius 2 is 1.72 bits per heavy atom. The molecule has 0 amide bonds. The SMILES string of the molecule is COc1c(C)cc(N(C)C(C)(C)C(=O)O)cc1C. The van der Waals surface area contributed by atoms with Crippen molar-refractivity contribution in [3.8, 4) is 5.75 Å². The summed E-state index contributed by atoms with van der Waals surface area (Å²) in [5, 5.41) is 9.25. The van der Waals surface area contributed by atoms with E-state index in [9.17, 15) is 9.90 Å². The van der Waals surface area contributed by atoms with Gasteiger partial charge in [0.1, 0.15) is 11.3 Å². The van der Waals surface area contributed by atoms with E-state index in [1.807, 2.05) is 26.0 Å². The van der Waals surface area contributed by atoms with Crippen LogP contribution in [0, 0.1) is 13.8 Å². The lowest BCUT2D eigenvalue weighted by Crippen LogP contribution is -2.48. The van der Waals surface area contributed by atoms with Gasteiger partial charge in [0, 0.05) is 12.7 Å². The van der Waals surface area contributed by atoms with Crippen LogP contribution in [0.2, 0.25) is 0 Å². The molecule has 0 aliphatic carbocycles. The molecule has 0 aliphatic heterocycles. The standard InChI is InChI=1S/C14H21NO3/c1-9-7-11(8-10(2)12(9)18-6)15(5)14(3,4)13(16)17/h7-8H,1-6H3,(H,16,17). The van der Waals surface area contributed by atoms with Crippen molar-refractivity contribution in [2.24, 2.45) is 0 Å². The number of carboxylic acid groups (broad SMARTS) is 1. The number of carbonyl (C=O) groups is 1. The summed E-state index contributed by atoms with van der Waals surface area (Å²) in [4.78, 5) is 13.0. The Morgan fingerprint density at radius 3 is 2.06 bits per heavy atom. The van der Waals surface area contributed by atoms with Gasteiger partial charge >= 0.3 is 5.97 Å². The predicted molar refractivity (Wildman–Crippen MR) is 72.6 cm³/mol. The Bertz CT molecular complexity index is 443. The molecule has 1 rings (SSSR count). The number of aliphatic carboxylic acids is 1. The maximum atomic E-state index is 11.3. The molecule has 4 nitrogen and oxygen atoms in total. The van der Waals surface area contributed by atoms with Crippen molar-refractivity contribution in [2.45, 2.75) is 33.2 Å². The van der Waals surface area contributed by atoms with Crippen LogP contribution in [0.15, 0.2) is 12.1 Å². The molecular formula is C14H21NO3. The van der Waals surface area contributed by atoms with Crippen LogP contribution in [0.3, 0.4) is 0 Å². The largest absolute Gasteiger partial charge is 0.496 e. The zero-order valence-corrected chi connectivity index (χ0v) is 11.9. The molecule has 1 aromatic carbocycles. The molecule has 0 saturated carbocycles. The number of likely N-dealkylation sites (N-methyl/N-ethyl adjacent to an activating group) is 1. The van der Waals surface area contributed by atoms with Crippen LogP contribution < -0.4 is 9.64 Å². The Balaban J connectivity index is 3.23. The summed E-state index contributed by atoms with van der Waals surface area (Å²) in [5.74, 6) is -0.00333. The van der Waals surface area contributed by atoms with Crippen LogP contribution in [-0.4, -0.2) is 30.8 Å². The number of rotatable bonds is 4. The van der Waals surface area contributed by atoms with Gasteiger partial charge in [0.15, 0.2) is 0 Å². The zero-order valence-electron chi connectivity index (χ0n) is 11.9. The summed E-state index contributed by atoms with van der Waals surface area (Å²) in [5.41, 5.74) is 1.92. The number of aryl methyl sites for hydroxylation is 2. The van der Waals surface area contributed by atoms with E-state index in [1.54, 1.807) is 32.9 Å². The Hall–Kier alpha value is -1.71. The second kappa shape index (κ2) is 4.88. The second-order valence-corrected chi connectivity index (χ2v) is 5.04. The van der Waals surface area contributed by atoms with Crippen molar-refractivity contribution >= 4 is 11.7 Å². The summed E-state index contributed by atoms with van der Waals surface area (Å²) in [6.45, 7) is 7.28. The molecule has 0 radical (unpaired) electrons. The predicted octanol–water partition coefficient (Wildman–Crippen LogP) is 2.61. The first-order valence-electron chi connectivity index (χ1n) is 5.84. The first-order valence-corrected chi connectivity index (χ1v) is 5.84. The van der Waals surface area contributed by atoms with E-state index in [-0.39, 0.29) is 0 Å². The van der Waals surface area contributed by atoms with Crippen LogP contribution in [0.5, 0.6) is 5.75 Å². The molecule has 1 N–H and O–H groups in total. The average molecular weight is 251 g/mol. The number of hydrogen-bond donors (Lipinski definition) is 1. The van der Waals surface area contributed by atoms with Gasteiger partial charge in [-0.1, -0.05) is 0 Å². The lowest BCUT2D eigenvalue weighted by molar-refractivity contribution is -0.142. The quantitative estimate of drug-likeness (QED) is 0.893. The van der Waals surface area contributed by atoms with Crippen molar-refractivity contribution in [2.75, 3.05) is 19.1 Å². The number of nitrogens with zero attached hydrogens (tertiary/aromatic N) is 1. The fourth-order valence-electron chi connectivity index (χ4n) is 1.91. The van der Waals surface area contributed by atoms with E-state index >= 15 is 0 Å². The maximum absolute atomic E-state index is 11.3. The van der Waals surface area contributed by atoms with Gasteiger partial charge in [0.25, 0.3) is 0 Å². The maximum Gasteiger partial charge on any atom is 0.328 e. The van der Waals surface area contributed by atoms with Gasteiger partial charge in [0.2, 0.25) is 0 Å². The molecule has 0 atom stereocenters. The van der Waals surface area contributed by atoms with E-state index in [0.717, 1.165) is 22.6 Å². The van der Waals surface area contributed by atoms with E-state index in [0.29, 0.717) is 0 Å². The highest BCUT2D eigenvalue weighted by molar-refractivity contribution is 5.82. The third-order valence-corrected chi connectivity index (χ3v) is 3.40. The lowest BCUT2D eigenvalue weighted by Gasteiger charge is -2.34. The molecule has 0 fully saturated rings. The molecule has 1 aromatic rings. The highest BCUT2D eigenvalue weighted by Gasteiger charge is 2.32. The van der Waals surface area contributed by atoms with E-state index in [4.69, 9.17) is 4.74 Å². The molecule has 0 saturated heterocycles. The molecule has 18 heavy (non-hydrogen) atoms. The molecule has 0 heterocycles. The van der Waals surface area contributed by atoms with Crippen LogP contribution in [-0.2, 0) is 4.79 Å². The fraction of sp³-hybridized carbons (Fsp3) is 0.500. The molecule has 100 valence electrons. The van der Waals surface area contributed by atoms with Gasteiger partial charge < -0.3 is 14.7 Å². The Labute approximate surface area is 108 Å². The average Bonchev–Trinajstić information content (AvgIpc) is 2.27. The minimum atomic E-state index is -0.951. The minimum Gasteiger partial charge on any atom is -0.496 e. The highest BCUT2D eigenvalue weighted by atomic mass is 16.5. The van der Waals surface area contributed by atoms with E-state index in [1.165, 1.54) is 0 Å². The van der Waals surface area contributed by atoms with Gasteiger partial charge in [-0.05, 0) is 51.0 Å². The third kappa shape index (κ3) is 2.42. The number of benzene rings is 1. The van der Waals surface area contributed by atoms with E-state index < -0.39 is 11.5 Å². The molecule has 0 aromatic heterocycles. The number of methoxy groups -OCH3 is 1. The van der Waals surface area contributed by atoms with E-state index in [2.05, 4.69) is 0 Å². The summed E-state index contributed by atoms with van der Waals surface area (Å²) in [6.07, 6.45) is 0. The fourth-order valence-corrected chi connectivity index (χ4v) is 1.91. The summed E-state index contributed by atoms with van der Waals surface area (Å²) >= 11 is 0. The number of carboxylic acids is 1. The van der Waals surface area contributed by atoms with Crippen molar-refractivity contribution in [1.82, 2.24) is 0 Å². The van der Waals surface area contributed by atoms with Crippen molar-refractivity contribution < 1.29 is 14.6 Å². The second-order valence-electron chi connectivity index (χ2n) is 5.04. The molecular weight excluding hydrogens is 230 g/mol. The lowest BCUT2D eigenvalue weighted by atomic mass is 10.0. The third-order valence-electron chi connectivity index (χ3n) is 3.40. The van der Waals surface area contributed by atoms with Crippen LogP contribution in [0.25, 0.3) is 0 Å². The monoisotopic (exact) mass is 251 g/mol. The molecule has 0 spiro atoms. The first kappa shape index (κ1) is 14.4. The molecule has 0 aliphatic rings. The molecule has 0 unspecified atom stereocenters. The first-order chi connectivity index (χ1) is 8.21. The summed E-state index contributed by atoms with van der Waals surface area (Å²) in [6, 6.07) is 3.88. The van der Waals surface area contributed by atoms with Gasteiger partial charge in [-0.3, -0.25) is 0 Å². The van der Waals surface area contributed by atoms with Crippen LogP contribution in [0.1, 0.15) is 25.0 Å². The Kier molecular flexibility index (Phi) is 3.89. The number of ether oxygens (including phenoxy) is 1. The normalized spacial score (nSPS) is 11.2. The van der Waals surface area contributed by atoms with Crippen molar-refractivity contribution in [3.63, 3.8) is 0 Å². The topological polar surface area (TPSA) is 49.8 Å². The Morgan fingerprint density at radius 1 is 1.28 bits per heavy atom. The molecule has 0 bridgehead atoms.